The lowest BCUT2D eigenvalue weighted by molar-refractivity contribution is -0.150. The van der Waals surface area contributed by atoms with Gasteiger partial charge in [0.25, 0.3) is 0 Å². The molecule has 0 aromatic heterocycles. The Labute approximate surface area is 270 Å². The third-order valence-corrected chi connectivity index (χ3v) is 6.90. The van der Waals surface area contributed by atoms with Gasteiger partial charge in [-0.05, 0) is 0 Å². The summed E-state index contributed by atoms with van der Waals surface area (Å²) in [6.45, 7) is -2.99. The lowest BCUT2D eigenvalue weighted by Gasteiger charge is -2.32. The van der Waals surface area contributed by atoms with Crippen LogP contribution in [0.3, 0.4) is 0 Å². The van der Waals surface area contributed by atoms with Crippen molar-refractivity contribution in [3.8, 4) is 24.7 Å². The van der Waals surface area contributed by atoms with Crippen LogP contribution in [-0.4, -0.2) is 198 Å². The fourth-order valence-electron chi connectivity index (χ4n) is 4.24. The van der Waals surface area contributed by atoms with Crippen LogP contribution in [0.4, 0.5) is 0 Å². The highest BCUT2D eigenvalue weighted by atomic mass is 16.5. The predicted octanol–water partition coefficient (Wildman–Crippen LogP) is -3.18. The maximum atomic E-state index is 13.5. The van der Waals surface area contributed by atoms with Gasteiger partial charge in [0.15, 0.2) is 0 Å². The van der Waals surface area contributed by atoms with Crippen molar-refractivity contribution in [3.05, 3.63) is 0 Å². The fraction of sp³-hybridized carbons (Fsp3) is 0.667. The number of methoxy groups -OCH3 is 4. The highest BCUT2D eigenvalue weighted by Gasteiger charge is 2.30. The smallest absolute Gasteiger partial charge is 0.243 e. The molecule has 0 atom stereocenters. The Hall–Kier alpha value is -4.22. The maximum absolute atomic E-state index is 13.5. The molecular weight excluding hydrogens is 604 g/mol. The first-order valence-electron chi connectivity index (χ1n) is 14.6. The minimum atomic E-state index is -0.628. The molecule has 1 aliphatic rings. The molecule has 16 nitrogen and oxygen atoms in total. The van der Waals surface area contributed by atoms with E-state index in [4.69, 9.17) is 31.8 Å². The molecule has 0 spiro atoms. The van der Waals surface area contributed by atoms with Gasteiger partial charge in [0, 0.05) is 54.6 Å². The molecule has 0 bridgehead atoms. The van der Waals surface area contributed by atoms with E-state index in [2.05, 4.69) is 11.8 Å². The molecular formula is C30H46N6O10. The van der Waals surface area contributed by atoms with E-state index in [9.17, 15) is 28.8 Å². The number of rotatable bonds is 14. The van der Waals surface area contributed by atoms with E-state index in [1.54, 1.807) is 0 Å². The Kier molecular flexibility index (Phi) is 19.3. The first kappa shape index (κ1) is 39.8. The summed E-state index contributed by atoms with van der Waals surface area (Å²) in [4.78, 5) is 87.8. The fourth-order valence-corrected chi connectivity index (χ4v) is 4.24. The third-order valence-electron chi connectivity index (χ3n) is 6.90. The van der Waals surface area contributed by atoms with Crippen molar-refractivity contribution in [3.63, 3.8) is 0 Å². The van der Waals surface area contributed by atoms with Crippen molar-refractivity contribution in [2.24, 2.45) is 0 Å². The summed E-state index contributed by atoms with van der Waals surface area (Å²) in [7, 11) is 5.70. The van der Waals surface area contributed by atoms with Crippen molar-refractivity contribution >= 4 is 35.4 Å². The number of nitrogens with zero attached hydrogens (tertiary/aromatic N) is 6. The summed E-state index contributed by atoms with van der Waals surface area (Å²) in [6.07, 6.45) is 11.0. The number of hydrogen-bond donors (Lipinski definition) is 0. The van der Waals surface area contributed by atoms with Crippen LogP contribution < -0.4 is 0 Å². The molecule has 1 rings (SSSR count). The molecule has 1 saturated heterocycles. The van der Waals surface area contributed by atoms with Crippen LogP contribution in [0.5, 0.6) is 0 Å². The summed E-state index contributed by atoms with van der Waals surface area (Å²) in [5.74, 6) is 1.06. The van der Waals surface area contributed by atoms with Crippen molar-refractivity contribution in [1.29, 1.82) is 0 Å². The minimum absolute atomic E-state index is 0.00129. The second-order valence-electron chi connectivity index (χ2n) is 10.1. The van der Waals surface area contributed by atoms with Gasteiger partial charge in [-0.2, -0.15) is 0 Å². The number of amides is 6. The maximum Gasteiger partial charge on any atom is 0.243 e. The number of ether oxygens (including phenoxy) is 4. The molecule has 1 fully saturated rings. The molecule has 1 heterocycles. The predicted molar refractivity (Wildman–Crippen MR) is 165 cm³/mol. The Morgan fingerprint density at radius 2 is 0.630 bits per heavy atom. The van der Waals surface area contributed by atoms with Crippen LogP contribution in [0.25, 0.3) is 0 Å². The summed E-state index contributed by atoms with van der Waals surface area (Å²) >= 11 is 0. The van der Waals surface area contributed by atoms with Crippen molar-refractivity contribution in [1.82, 2.24) is 29.4 Å². The van der Waals surface area contributed by atoms with E-state index in [0.29, 0.717) is 0 Å². The molecule has 0 saturated carbocycles. The van der Waals surface area contributed by atoms with Crippen molar-refractivity contribution in [2.75, 3.05) is 133 Å². The molecule has 0 N–H and O–H groups in total. The zero-order valence-corrected chi connectivity index (χ0v) is 27.2. The lowest BCUT2D eigenvalue weighted by Crippen LogP contribution is -2.54. The molecule has 256 valence electrons. The van der Waals surface area contributed by atoms with Gasteiger partial charge in [-0.3, -0.25) is 28.8 Å². The number of carbonyl (C=O) groups is 6. The Morgan fingerprint density at radius 1 is 0.435 bits per heavy atom. The van der Waals surface area contributed by atoms with E-state index in [-0.39, 0.29) is 65.7 Å². The second-order valence-corrected chi connectivity index (χ2v) is 10.1. The Morgan fingerprint density at radius 3 is 0.826 bits per heavy atom. The molecule has 46 heavy (non-hydrogen) atoms. The Bertz CT molecular complexity index is 1020. The monoisotopic (exact) mass is 650 g/mol. The third kappa shape index (κ3) is 13.8. The summed E-state index contributed by atoms with van der Waals surface area (Å²) < 4.78 is 20.5. The van der Waals surface area contributed by atoms with Crippen LogP contribution in [0, 0.1) is 24.7 Å². The van der Waals surface area contributed by atoms with E-state index in [0.717, 1.165) is 9.80 Å². The van der Waals surface area contributed by atoms with E-state index >= 15 is 0 Å². The summed E-state index contributed by atoms with van der Waals surface area (Å²) in [6, 6.07) is 0. The standard InChI is InChI=1S/C30H46N6O10/c1-7-9-31-19-27(39)35(13-17-45-5)23-30(42)34(12-16-44-4)22-26(38)32(10-8-2)20-28(40)36(14-18-46-6)24-29(41)33(11-15-43-3)21-25(31)37/h1-2H,9-24H2,3-6H3. The summed E-state index contributed by atoms with van der Waals surface area (Å²) in [5.41, 5.74) is 0. The molecule has 0 aromatic carbocycles. The first-order valence-corrected chi connectivity index (χ1v) is 14.6. The van der Waals surface area contributed by atoms with Crippen molar-refractivity contribution < 1.29 is 47.7 Å². The normalized spacial score (nSPS) is 16.9. The van der Waals surface area contributed by atoms with Gasteiger partial charge in [0.05, 0.1) is 65.7 Å². The highest BCUT2D eigenvalue weighted by Crippen LogP contribution is 2.06. The quantitative estimate of drug-likeness (QED) is 0.176. The highest BCUT2D eigenvalue weighted by molar-refractivity contribution is 5.93. The molecule has 6 amide bonds. The van der Waals surface area contributed by atoms with Crippen molar-refractivity contribution in [2.45, 2.75) is 0 Å². The van der Waals surface area contributed by atoms with Gasteiger partial charge in [0.2, 0.25) is 35.4 Å². The number of terminal acetylenes is 2. The van der Waals surface area contributed by atoms with Gasteiger partial charge in [-0.15, -0.1) is 12.8 Å². The van der Waals surface area contributed by atoms with Crippen LogP contribution in [0.15, 0.2) is 0 Å². The van der Waals surface area contributed by atoms with Crippen LogP contribution in [0.2, 0.25) is 0 Å². The lowest BCUT2D eigenvalue weighted by atomic mass is 10.3. The largest absolute Gasteiger partial charge is 0.383 e. The second kappa shape index (κ2) is 22.3. The van der Waals surface area contributed by atoms with Crippen LogP contribution in [-0.2, 0) is 47.7 Å². The zero-order chi connectivity index (χ0) is 34.5. The van der Waals surface area contributed by atoms with Gasteiger partial charge in [0.1, 0.15) is 13.1 Å². The SMILES string of the molecule is C#CCN1CC(=O)N(CCOC)CC(=O)N(CCOC)CC(=O)N(CC#C)CC(=O)N(CCOC)CC(=O)N(CCOC)CC1=O. The molecule has 16 heteroatoms. The molecule has 0 aromatic rings. The van der Waals surface area contributed by atoms with Crippen LogP contribution >= 0.6 is 0 Å². The molecule has 1 aliphatic heterocycles. The topological polar surface area (TPSA) is 159 Å². The van der Waals surface area contributed by atoms with Gasteiger partial charge in [-0.1, -0.05) is 11.8 Å². The molecule has 0 aliphatic carbocycles. The average Bonchev–Trinajstić information content (AvgIpc) is 3.03. The van der Waals surface area contributed by atoms with Crippen LogP contribution in [0.1, 0.15) is 0 Å². The number of carbonyl (C=O) groups excluding carboxylic acids is 6. The minimum Gasteiger partial charge on any atom is -0.383 e. The van der Waals surface area contributed by atoms with Gasteiger partial charge in [-0.25, -0.2) is 0 Å². The Balaban J connectivity index is 3.64. The van der Waals surface area contributed by atoms with E-state index < -0.39 is 74.7 Å². The first-order chi connectivity index (χ1) is 22.1. The molecule has 0 radical (unpaired) electrons. The zero-order valence-electron chi connectivity index (χ0n) is 27.2. The number of hydrogen-bond acceptors (Lipinski definition) is 10. The van der Waals surface area contributed by atoms with E-state index in [1.165, 1.54) is 48.0 Å². The summed E-state index contributed by atoms with van der Waals surface area (Å²) in [5, 5.41) is 0. The van der Waals surface area contributed by atoms with Gasteiger partial charge >= 0.3 is 0 Å². The molecule has 0 unspecified atom stereocenters. The average molecular weight is 651 g/mol. The van der Waals surface area contributed by atoms with Gasteiger partial charge < -0.3 is 48.3 Å². The van der Waals surface area contributed by atoms with E-state index in [1.807, 2.05) is 0 Å².